The predicted octanol–water partition coefficient (Wildman–Crippen LogP) is 3.06. The molecule has 0 saturated heterocycles. The lowest BCUT2D eigenvalue weighted by molar-refractivity contribution is -0.116. The molecule has 0 unspecified atom stereocenters. The van der Waals surface area contributed by atoms with Crippen LogP contribution in [-0.4, -0.2) is 25.7 Å². The van der Waals surface area contributed by atoms with Gasteiger partial charge in [-0.15, -0.1) is 10.2 Å². The molecule has 130 valence electrons. The number of fused-ring (bicyclic) bond motifs is 1. The maximum absolute atomic E-state index is 12.5. The minimum Gasteiger partial charge on any atom is -0.332 e. The molecule has 0 fully saturated rings. The number of aromatic amines is 1. The monoisotopic (exact) mass is 375 g/mol. The molecule has 1 aromatic carbocycles. The fraction of sp³-hybridized carbons (Fsp3) is 0.312. The molecule has 25 heavy (non-hydrogen) atoms. The van der Waals surface area contributed by atoms with Crippen molar-refractivity contribution in [1.82, 2.24) is 19.7 Å². The average molecular weight is 375 g/mol. The number of para-hydroxylation sites is 1. The van der Waals surface area contributed by atoms with Crippen LogP contribution in [0.25, 0.3) is 10.9 Å². The van der Waals surface area contributed by atoms with E-state index in [1.807, 2.05) is 19.9 Å². The number of nitrogens with one attached hydrogen (secondary N) is 2. The van der Waals surface area contributed by atoms with Crippen LogP contribution >= 0.6 is 23.6 Å². The normalized spacial score (nSPS) is 11.2. The van der Waals surface area contributed by atoms with Gasteiger partial charge in [0.1, 0.15) is 5.01 Å². The number of nitrogens with zero attached hydrogens (tertiary/aromatic N) is 3. The summed E-state index contributed by atoms with van der Waals surface area (Å²) in [6.07, 6.45) is 0.117. The van der Waals surface area contributed by atoms with Crippen LogP contribution in [0.5, 0.6) is 0 Å². The van der Waals surface area contributed by atoms with Gasteiger partial charge in [0, 0.05) is 18.9 Å². The standard InChI is InChI=1S/C16H17N5O2S2/c1-9(2)13-19-20-15(25-13)18-12(22)7-8-21-14(23)10-5-3-4-6-11(10)17-16(21)24/h3-6,9H,7-8H2,1-2H3,(H,17,24)(H,18,20,22). The van der Waals surface area contributed by atoms with E-state index in [4.69, 9.17) is 12.2 Å². The Morgan fingerprint density at radius 3 is 2.84 bits per heavy atom. The molecule has 9 heteroatoms. The summed E-state index contributed by atoms with van der Waals surface area (Å²) in [7, 11) is 0. The summed E-state index contributed by atoms with van der Waals surface area (Å²) in [6.45, 7) is 4.22. The second-order valence-electron chi connectivity index (χ2n) is 5.83. The van der Waals surface area contributed by atoms with Crippen molar-refractivity contribution in [1.29, 1.82) is 0 Å². The lowest BCUT2D eigenvalue weighted by Gasteiger charge is -2.07. The van der Waals surface area contributed by atoms with Gasteiger partial charge >= 0.3 is 0 Å². The number of carbonyl (C=O) groups excluding carboxylic acids is 1. The summed E-state index contributed by atoms with van der Waals surface area (Å²) in [6, 6.07) is 7.15. The summed E-state index contributed by atoms with van der Waals surface area (Å²) < 4.78 is 1.70. The molecule has 3 rings (SSSR count). The number of anilines is 1. The van der Waals surface area contributed by atoms with Crippen molar-refractivity contribution in [2.75, 3.05) is 5.32 Å². The van der Waals surface area contributed by atoms with Gasteiger partial charge in [0.25, 0.3) is 5.56 Å². The minimum absolute atomic E-state index is 0.117. The highest BCUT2D eigenvalue weighted by molar-refractivity contribution is 7.71. The highest BCUT2D eigenvalue weighted by atomic mass is 32.1. The molecule has 0 saturated carbocycles. The van der Waals surface area contributed by atoms with Gasteiger partial charge in [-0.25, -0.2) is 0 Å². The van der Waals surface area contributed by atoms with Gasteiger partial charge < -0.3 is 10.3 Å². The third-order valence-electron chi connectivity index (χ3n) is 3.63. The molecular formula is C16H17N5O2S2. The van der Waals surface area contributed by atoms with Crippen LogP contribution in [0.4, 0.5) is 5.13 Å². The maximum atomic E-state index is 12.5. The Labute approximate surface area is 152 Å². The molecule has 7 nitrogen and oxygen atoms in total. The highest BCUT2D eigenvalue weighted by Gasteiger charge is 2.12. The van der Waals surface area contributed by atoms with E-state index in [9.17, 15) is 9.59 Å². The Kier molecular flexibility index (Phi) is 5.05. The fourth-order valence-electron chi connectivity index (χ4n) is 2.32. The molecule has 2 aromatic heterocycles. The largest absolute Gasteiger partial charge is 0.332 e. The quantitative estimate of drug-likeness (QED) is 0.669. The molecule has 2 N–H and O–H groups in total. The van der Waals surface area contributed by atoms with Crippen molar-refractivity contribution in [2.45, 2.75) is 32.7 Å². The van der Waals surface area contributed by atoms with Gasteiger partial charge in [0.2, 0.25) is 11.0 Å². The zero-order valence-corrected chi connectivity index (χ0v) is 15.4. The Bertz CT molecular complexity index is 1030. The van der Waals surface area contributed by atoms with E-state index >= 15 is 0 Å². The zero-order chi connectivity index (χ0) is 18.0. The van der Waals surface area contributed by atoms with Crippen LogP contribution in [0.15, 0.2) is 29.1 Å². The first kappa shape index (κ1) is 17.4. The van der Waals surface area contributed by atoms with Crippen LogP contribution in [0.3, 0.4) is 0 Å². The van der Waals surface area contributed by atoms with Crippen molar-refractivity contribution in [3.63, 3.8) is 0 Å². The second kappa shape index (κ2) is 7.24. The van der Waals surface area contributed by atoms with Crippen LogP contribution in [0.2, 0.25) is 0 Å². The van der Waals surface area contributed by atoms with Gasteiger partial charge in [-0.3, -0.25) is 14.2 Å². The van der Waals surface area contributed by atoms with Crippen LogP contribution < -0.4 is 10.9 Å². The number of benzene rings is 1. The van der Waals surface area contributed by atoms with E-state index in [1.54, 1.807) is 18.2 Å². The Hall–Kier alpha value is -2.39. The first-order chi connectivity index (χ1) is 12.0. The maximum Gasteiger partial charge on any atom is 0.262 e. The number of H-pyrrole nitrogens is 1. The fourth-order valence-corrected chi connectivity index (χ4v) is 3.36. The first-order valence-corrected chi connectivity index (χ1v) is 9.03. The van der Waals surface area contributed by atoms with E-state index in [0.717, 1.165) is 5.01 Å². The number of hydrogen-bond acceptors (Lipinski definition) is 6. The molecule has 0 atom stereocenters. The van der Waals surface area contributed by atoms with Gasteiger partial charge in [0.15, 0.2) is 4.77 Å². The topological polar surface area (TPSA) is 92.7 Å². The number of aromatic nitrogens is 4. The highest BCUT2D eigenvalue weighted by Crippen LogP contribution is 2.22. The number of carbonyl (C=O) groups is 1. The Morgan fingerprint density at radius 2 is 2.12 bits per heavy atom. The summed E-state index contributed by atoms with van der Waals surface area (Å²) in [5.41, 5.74) is 0.485. The molecule has 0 aliphatic carbocycles. The van der Waals surface area contributed by atoms with Crippen LogP contribution in [0, 0.1) is 4.77 Å². The number of hydrogen-bond donors (Lipinski definition) is 2. The average Bonchev–Trinajstić information content (AvgIpc) is 3.03. The summed E-state index contributed by atoms with van der Waals surface area (Å²) >= 11 is 6.59. The van der Waals surface area contributed by atoms with Crippen molar-refractivity contribution in [3.8, 4) is 0 Å². The third kappa shape index (κ3) is 3.83. The summed E-state index contributed by atoms with van der Waals surface area (Å²) in [5, 5.41) is 12.6. The second-order valence-corrected chi connectivity index (χ2v) is 7.23. The molecule has 0 spiro atoms. The Morgan fingerprint density at radius 1 is 1.36 bits per heavy atom. The van der Waals surface area contributed by atoms with E-state index in [2.05, 4.69) is 20.5 Å². The third-order valence-corrected chi connectivity index (χ3v) is 5.09. The Balaban J connectivity index is 1.72. The van der Waals surface area contributed by atoms with Crippen molar-refractivity contribution >= 4 is 45.5 Å². The first-order valence-electron chi connectivity index (χ1n) is 7.81. The van der Waals surface area contributed by atoms with Crippen LogP contribution in [0.1, 0.15) is 31.2 Å². The minimum atomic E-state index is -0.235. The van der Waals surface area contributed by atoms with Crippen molar-refractivity contribution in [2.24, 2.45) is 0 Å². The van der Waals surface area contributed by atoms with Gasteiger partial charge in [-0.2, -0.15) is 0 Å². The van der Waals surface area contributed by atoms with Gasteiger partial charge in [-0.1, -0.05) is 37.3 Å². The smallest absolute Gasteiger partial charge is 0.262 e. The molecule has 1 amide bonds. The summed E-state index contributed by atoms with van der Waals surface area (Å²) in [4.78, 5) is 27.7. The molecule has 0 aliphatic rings. The van der Waals surface area contributed by atoms with E-state index in [-0.39, 0.29) is 30.3 Å². The predicted molar refractivity (Wildman–Crippen MR) is 101 cm³/mol. The molecule has 0 bridgehead atoms. The van der Waals surface area contributed by atoms with Crippen LogP contribution in [-0.2, 0) is 11.3 Å². The van der Waals surface area contributed by atoms with E-state index in [0.29, 0.717) is 20.8 Å². The number of amides is 1. The van der Waals surface area contributed by atoms with Gasteiger partial charge in [0.05, 0.1) is 10.9 Å². The molecule has 2 heterocycles. The van der Waals surface area contributed by atoms with Crippen molar-refractivity contribution < 1.29 is 4.79 Å². The van der Waals surface area contributed by atoms with E-state index < -0.39 is 0 Å². The molecule has 0 aliphatic heterocycles. The molecular weight excluding hydrogens is 358 g/mol. The van der Waals surface area contributed by atoms with E-state index in [1.165, 1.54) is 15.9 Å². The SMILES string of the molecule is CC(C)c1nnc(NC(=O)CCn2c(=S)[nH]c3ccccc3c2=O)s1. The molecule has 3 aromatic rings. The summed E-state index contributed by atoms with van der Waals surface area (Å²) in [5.74, 6) is 0.0264. The van der Waals surface area contributed by atoms with Gasteiger partial charge in [-0.05, 0) is 24.4 Å². The lowest BCUT2D eigenvalue weighted by atomic mass is 10.2. The molecule has 0 radical (unpaired) electrons. The lowest BCUT2D eigenvalue weighted by Crippen LogP contribution is -2.25. The number of rotatable bonds is 5. The zero-order valence-electron chi connectivity index (χ0n) is 13.8. The van der Waals surface area contributed by atoms with Crippen molar-refractivity contribution in [3.05, 3.63) is 44.4 Å².